The molecule has 1 fully saturated rings. The average molecular weight is 304 g/mol. The Morgan fingerprint density at radius 3 is 2.65 bits per heavy atom. The summed E-state index contributed by atoms with van der Waals surface area (Å²) in [7, 11) is -4.02. The van der Waals surface area contributed by atoms with E-state index >= 15 is 0 Å². The molecule has 1 aromatic rings. The lowest BCUT2D eigenvalue weighted by Gasteiger charge is -2.25. The van der Waals surface area contributed by atoms with Gasteiger partial charge in [-0.25, -0.2) is 8.42 Å². The summed E-state index contributed by atoms with van der Waals surface area (Å²) in [5, 5.41) is 10.8. The van der Waals surface area contributed by atoms with Gasteiger partial charge in [-0.1, -0.05) is 4.47 Å². The van der Waals surface area contributed by atoms with Crippen LogP contribution in [0.1, 0.15) is 18.4 Å². The van der Waals surface area contributed by atoms with E-state index in [1.807, 2.05) is 0 Å². The van der Waals surface area contributed by atoms with Crippen molar-refractivity contribution in [2.45, 2.75) is 24.7 Å². The van der Waals surface area contributed by atoms with E-state index in [0.29, 0.717) is 6.42 Å². The van der Waals surface area contributed by atoms with Crippen molar-refractivity contribution in [3.05, 3.63) is 33.6 Å². The Hall–Kier alpha value is -1.58. The smallest absolute Gasteiger partial charge is 0.284 e. The maximum atomic E-state index is 13.6. The number of hydroxylamine groups is 1. The van der Waals surface area contributed by atoms with Gasteiger partial charge in [0.25, 0.3) is 10.0 Å². The largest absolute Gasteiger partial charge is 0.306 e. The van der Waals surface area contributed by atoms with Crippen LogP contribution in [0.4, 0.5) is 10.1 Å². The number of nitro benzene ring substituents is 1. The zero-order valence-corrected chi connectivity index (χ0v) is 11.5. The predicted molar refractivity (Wildman–Crippen MR) is 66.9 cm³/mol. The van der Waals surface area contributed by atoms with Crippen molar-refractivity contribution in [1.82, 2.24) is 4.47 Å². The van der Waals surface area contributed by atoms with Crippen LogP contribution in [-0.2, 0) is 14.9 Å². The van der Waals surface area contributed by atoms with Crippen molar-refractivity contribution >= 4 is 15.7 Å². The third kappa shape index (κ3) is 2.65. The lowest BCUT2D eigenvalue weighted by Crippen LogP contribution is -2.35. The number of rotatable bonds is 3. The molecule has 1 aliphatic heterocycles. The molecule has 0 bridgehead atoms. The van der Waals surface area contributed by atoms with Gasteiger partial charge in [0.15, 0.2) is 0 Å². The molecular formula is C11H13FN2O5S. The minimum Gasteiger partial charge on any atom is -0.284 e. The van der Waals surface area contributed by atoms with Crippen molar-refractivity contribution in [2.75, 3.05) is 13.2 Å². The quantitative estimate of drug-likeness (QED) is 0.627. The molecule has 0 spiro atoms. The first-order valence-electron chi connectivity index (χ1n) is 5.94. The Morgan fingerprint density at radius 2 is 2.10 bits per heavy atom. The SMILES string of the molecule is Cc1cc(S(=O)(=O)N2CCCCO2)cc([N+](=O)[O-])c1F. The highest BCUT2D eigenvalue weighted by molar-refractivity contribution is 7.89. The number of hydrogen-bond donors (Lipinski definition) is 0. The molecule has 1 heterocycles. The van der Waals surface area contributed by atoms with Crippen LogP contribution < -0.4 is 0 Å². The molecule has 1 aliphatic rings. The molecule has 0 unspecified atom stereocenters. The summed E-state index contributed by atoms with van der Waals surface area (Å²) in [6.45, 7) is 1.71. The van der Waals surface area contributed by atoms with Gasteiger partial charge in [0.2, 0.25) is 5.82 Å². The molecular weight excluding hydrogens is 291 g/mol. The van der Waals surface area contributed by atoms with Gasteiger partial charge in [0.1, 0.15) is 0 Å². The van der Waals surface area contributed by atoms with Gasteiger partial charge in [-0.05, 0) is 31.4 Å². The summed E-state index contributed by atoms with van der Waals surface area (Å²) in [6, 6.07) is 1.78. The van der Waals surface area contributed by atoms with Gasteiger partial charge in [-0.3, -0.25) is 15.0 Å². The lowest BCUT2D eigenvalue weighted by molar-refractivity contribution is -0.387. The number of nitro groups is 1. The standard InChI is InChI=1S/C11H13FN2O5S/c1-8-6-9(7-10(11(8)12)14(15)16)20(17,18)13-4-2-3-5-19-13/h6-7H,2-5H2,1H3. The van der Waals surface area contributed by atoms with E-state index in [9.17, 15) is 22.9 Å². The maximum absolute atomic E-state index is 13.6. The van der Waals surface area contributed by atoms with Gasteiger partial charge in [-0.2, -0.15) is 4.39 Å². The molecule has 0 saturated carbocycles. The van der Waals surface area contributed by atoms with Crippen LogP contribution in [-0.4, -0.2) is 31.0 Å². The molecule has 0 radical (unpaired) electrons. The van der Waals surface area contributed by atoms with E-state index in [1.54, 1.807) is 0 Å². The van der Waals surface area contributed by atoms with Crippen LogP contribution in [0, 0.1) is 22.9 Å². The predicted octanol–water partition coefficient (Wildman–Crippen LogP) is 1.76. The van der Waals surface area contributed by atoms with Crippen molar-refractivity contribution in [3.63, 3.8) is 0 Å². The van der Waals surface area contributed by atoms with Gasteiger partial charge in [0, 0.05) is 12.6 Å². The van der Waals surface area contributed by atoms with Crippen molar-refractivity contribution in [1.29, 1.82) is 0 Å². The van der Waals surface area contributed by atoms with Gasteiger partial charge >= 0.3 is 5.69 Å². The molecule has 0 aliphatic carbocycles. The van der Waals surface area contributed by atoms with E-state index in [4.69, 9.17) is 4.84 Å². The molecule has 0 N–H and O–H groups in total. The topological polar surface area (TPSA) is 89.8 Å². The third-order valence-electron chi connectivity index (χ3n) is 2.94. The fourth-order valence-corrected chi connectivity index (χ4v) is 3.29. The molecule has 7 nitrogen and oxygen atoms in total. The Morgan fingerprint density at radius 1 is 1.40 bits per heavy atom. The number of nitrogens with zero attached hydrogens (tertiary/aromatic N) is 2. The Bertz CT molecular complexity index is 640. The fourth-order valence-electron chi connectivity index (χ4n) is 1.88. The summed E-state index contributed by atoms with van der Waals surface area (Å²) in [6.07, 6.45) is 1.39. The van der Waals surface area contributed by atoms with Crippen LogP contribution in [0.5, 0.6) is 0 Å². The summed E-state index contributed by atoms with van der Waals surface area (Å²) in [5.41, 5.74) is -0.963. The number of aryl methyl sites for hydroxylation is 1. The summed E-state index contributed by atoms with van der Waals surface area (Å²) < 4.78 is 38.9. The van der Waals surface area contributed by atoms with E-state index in [-0.39, 0.29) is 23.6 Å². The number of benzene rings is 1. The molecule has 1 aromatic carbocycles. The zero-order chi connectivity index (χ0) is 14.9. The first kappa shape index (κ1) is 14.8. The zero-order valence-electron chi connectivity index (χ0n) is 10.7. The fraction of sp³-hybridized carbons (Fsp3) is 0.455. The van der Waals surface area contributed by atoms with E-state index in [1.165, 1.54) is 6.92 Å². The Kier molecular flexibility index (Phi) is 4.02. The van der Waals surface area contributed by atoms with Gasteiger partial charge < -0.3 is 0 Å². The molecule has 1 saturated heterocycles. The van der Waals surface area contributed by atoms with Crippen LogP contribution in [0.15, 0.2) is 17.0 Å². The molecule has 0 atom stereocenters. The summed E-state index contributed by atoms with van der Waals surface area (Å²) in [5.74, 6) is -1.03. The maximum Gasteiger partial charge on any atom is 0.306 e. The summed E-state index contributed by atoms with van der Waals surface area (Å²) in [4.78, 5) is 14.5. The first-order chi connectivity index (χ1) is 9.34. The number of sulfonamides is 1. The molecule has 0 amide bonds. The Balaban J connectivity index is 2.49. The van der Waals surface area contributed by atoms with Crippen LogP contribution in [0.25, 0.3) is 0 Å². The average Bonchev–Trinajstić information content (AvgIpc) is 2.42. The van der Waals surface area contributed by atoms with Crippen molar-refractivity contribution < 1.29 is 22.6 Å². The number of hydrogen-bond acceptors (Lipinski definition) is 5. The highest BCUT2D eigenvalue weighted by atomic mass is 32.2. The van der Waals surface area contributed by atoms with Crippen LogP contribution >= 0.6 is 0 Å². The van der Waals surface area contributed by atoms with Gasteiger partial charge in [0.05, 0.1) is 16.4 Å². The van der Waals surface area contributed by atoms with E-state index in [2.05, 4.69) is 0 Å². The van der Waals surface area contributed by atoms with Crippen molar-refractivity contribution in [3.8, 4) is 0 Å². The summed E-state index contributed by atoms with van der Waals surface area (Å²) >= 11 is 0. The van der Waals surface area contributed by atoms with E-state index < -0.39 is 26.5 Å². The first-order valence-corrected chi connectivity index (χ1v) is 7.38. The second kappa shape index (κ2) is 5.43. The minimum atomic E-state index is -4.02. The Labute approximate surface area is 115 Å². The molecule has 110 valence electrons. The normalized spacial score (nSPS) is 17.1. The third-order valence-corrected chi connectivity index (χ3v) is 4.60. The highest BCUT2D eigenvalue weighted by Gasteiger charge is 2.30. The van der Waals surface area contributed by atoms with Gasteiger partial charge in [-0.15, -0.1) is 0 Å². The molecule has 9 heteroatoms. The highest BCUT2D eigenvalue weighted by Crippen LogP contribution is 2.28. The molecule has 2 rings (SSSR count). The van der Waals surface area contributed by atoms with E-state index in [0.717, 1.165) is 23.0 Å². The molecule has 20 heavy (non-hydrogen) atoms. The second-order valence-electron chi connectivity index (χ2n) is 4.40. The second-order valence-corrected chi connectivity index (χ2v) is 6.23. The monoisotopic (exact) mass is 304 g/mol. The number of halogens is 1. The molecule has 0 aromatic heterocycles. The lowest BCUT2D eigenvalue weighted by atomic mass is 10.2. The van der Waals surface area contributed by atoms with Crippen molar-refractivity contribution in [2.24, 2.45) is 0 Å². The van der Waals surface area contributed by atoms with Crippen LogP contribution in [0.2, 0.25) is 0 Å². The van der Waals surface area contributed by atoms with Crippen LogP contribution in [0.3, 0.4) is 0 Å². The minimum absolute atomic E-state index is 0.102.